The van der Waals surface area contributed by atoms with Crippen molar-refractivity contribution in [1.82, 2.24) is 4.57 Å². The quantitative estimate of drug-likeness (QED) is 0.746. The maximum Gasteiger partial charge on any atom is 0.248 e. The van der Waals surface area contributed by atoms with Gasteiger partial charge in [-0.3, -0.25) is 4.79 Å². The first kappa shape index (κ1) is 20.0. The highest BCUT2D eigenvalue weighted by Crippen LogP contribution is 2.18. The minimum absolute atomic E-state index is 0.0535. The Morgan fingerprint density at radius 1 is 1.15 bits per heavy atom. The summed E-state index contributed by atoms with van der Waals surface area (Å²) >= 11 is 0. The summed E-state index contributed by atoms with van der Waals surface area (Å²) in [6.07, 6.45) is 4.36. The maximum absolute atomic E-state index is 12.1. The maximum atomic E-state index is 12.1. The van der Waals surface area contributed by atoms with Crippen molar-refractivity contribution in [1.29, 1.82) is 0 Å². The Kier molecular flexibility index (Phi) is 6.42. The van der Waals surface area contributed by atoms with Crippen LogP contribution >= 0.6 is 0 Å². The van der Waals surface area contributed by atoms with Crippen LogP contribution in [0.5, 0.6) is 0 Å². The van der Waals surface area contributed by atoms with Crippen molar-refractivity contribution >= 4 is 27.5 Å². The van der Waals surface area contributed by atoms with Gasteiger partial charge in [0.25, 0.3) is 0 Å². The number of aromatic nitrogens is 1. The molecule has 0 spiro atoms. The molecule has 140 valence electrons. The lowest BCUT2D eigenvalue weighted by molar-refractivity contribution is -0.111. The average molecular weight is 375 g/mol. The number of aryl methyl sites for hydroxylation is 1. The fourth-order valence-corrected chi connectivity index (χ4v) is 3.71. The minimum Gasteiger partial charge on any atom is -0.349 e. The van der Waals surface area contributed by atoms with Gasteiger partial charge in [0, 0.05) is 29.7 Å². The summed E-state index contributed by atoms with van der Waals surface area (Å²) in [5.74, 6) is -0.200. The van der Waals surface area contributed by atoms with Crippen LogP contribution in [0.15, 0.2) is 41.3 Å². The van der Waals surface area contributed by atoms with Crippen molar-refractivity contribution in [3.05, 3.63) is 53.4 Å². The highest BCUT2D eigenvalue weighted by atomic mass is 32.2. The number of anilines is 1. The van der Waals surface area contributed by atoms with E-state index < -0.39 is 9.84 Å². The molecule has 0 saturated carbocycles. The second-order valence-corrected chi connectivity index (χ2v) is 8.51. The summed E-state index contributed by atoms with van der Waals surface area (Å²) in [6, 6.07) is 8.29. The molecule has 0 bridgehead atoms. The standard InChI is InChI=1S/C20H26N2O3S/c1-5-13-22-15(3)14-17(16(22)4)7-12-20(23)21-18-8-10-19(11-9-18)26(24,25)6-2/h7-12,14H,5-6,13H2,1-4H3,(H,21,23). The molecule has 1 amide bonds. The molecule has 0 radical (unpaired) electrons. The molecule has 0 atom stereocenters. The summed E-state index contributed by atoms with van der Waals surface area (Å²) in [6.45, 7) is 8.82. The Morgan fingerprint density at radius 2 is 1.81 bits per heavy atom. The normalized spacial score (nSPS) is 11.8. The molecule has 1 aromatic heterocycles. The van der Waals surface area contributed by atoms with Crippen molar-refractivity contribution in [2.24, 2.45) is 0 Å². The Bertz CT molecular complexity index is 907. The number of amides is 1. The summed E-state index contributed by atoms with van der Waals surface area (Å²) in [4.78, 5) is 12.4. The van der Waals surface area contributed by atoms with Gasteiger partial charge in [-0.05, 0) is 62.2 Å². The Hall–Kier alpha value is -2.34. The number of hydrogen-bond donors (Lipinski definition) is 1. The minimum atomic E-state index is -3.23. The number of carbonyl (C=O) groups excluding carboxylic acids is 1. The predicted molar refractivity (Wildman–Crippen MR) is 106 cm³/mol. The number of benzene rings is 1. The monoisotopic (exact) mass is 374 g/mol. The zero-order chi connectivity index (χ0) is 19.3. The predicted octanol–water partition coefficient (Wildman–Crippen LogP) is 3.96. The van der Waals surface area contributed by atoms with Crippen molar-refractivity contribution in [2.75, 3.05) is 11.1 Å². The van der Waals surface area contributed by atoms with Crippen LogP contribution in [-0.2, 0) is 21.2 Å². The molecule has 0 aliphatic rings. The van der Waals surface area contributed by atoms with E-state index in [9.17, 15) is 13.2 Å². The van der Waals surface area contributed by atoms with Gasteiger partial charge in [-0.25, -0.2) is 8.42 Å². The van der Waals surface area contributed by atoms with Crippen LogP contribution in [0.2, 0.25) is 0 Å². The van der Waals surface area contributed by atoms with Gasteiger partial charge in [0.1, 0.15) is 0 Å². The van der Waals surface area contributed by atoms with Gasteiger partial charge in [-0.15, -0.1) is 0 Å². The summed E-state index contributed by atoms with van der Waals surface area (Å²) in [5, 5.41) is 2.75. The number of hydrogen-bond acceptors (Lipinski definition) is 3. The number of sulfone groups is 1. The molecule has 0 aliphatic heterocycles. The van der Waals surface area contributed by atoms with Crippen LogP contribution in [0.3, 0.4) is 0 Å². The molecule has 0 saturated heterocycles. The molecule has 1 N–H and O–H groups in total. The molecule has 26 heavy (non-hydrogen) atoms. The van der Waals surface area contributed by atoms with Crippen molar-refractivity contribution in [3.63, 3.8) is 0 Å². The molecule has 5 nitrogen and oxygen atoms in total. The topological polar surface area (TPSA) is 68.2 Å². The second-order valence-electron chi connectivity index (χ2n) is 6.23. The SMILES string of the molecule is CCCn1c(C)cc(C=CC(=O)Nc2ccc(S(=O)(=O)CC)cc2)c1C. The zero-order valence-corrected chi connectivity index (χ0v) is 16.6. The molecular formula is C20H26N2O3S. The summed E-state index contributed by atoms with van der Waals surface area (Å²) in [7, 11) is -3.23. The van der Waals surface area contributed by atoms with Crippen LogP contribution in [0.25, 0.3) is 6.08 Å². The highest BCUT2D eigenvalue weighted by molar-refractivity contribution is 7.91. The first-order valence-corrected chi connectivity index (χ1v) is 10.4. The Labute approximate surface area is 155 Å². The van der Waals surface area contributed by atoms with E-state index in [0.717, 1.165) is 24.2 Å². The van der Waals surface area contributed by atoms with E-state index in [1.807, 2.05) is 6.92 Å². The van der Waals surface area contributed by atoms with Gasteiger partial charge in [0.15, 0.2) is 9.84 Å². The van der Waals surface area contributed by atoms with Crippen LogP contribution < -0.4 is 5.32 Å². The molecule has 1 aromatic carbocycles. The average Bonchev–Trinajstić information content (AvgIpc) is 2.88. The first-order chi connectivity index (χ1) is 12.3. The third kappa shape index (κ3) is 4.64. The lowest BCUT2D eigenvalue weighted by Crippen LogP contribution is -2.08. The van der Waals surface area contributed by atoms with Gasteiger partial charge in [0.2, 0.25) is 5.91 Å². The number of carbonyl (C=O) groups is 1. The van der Waals surface area contributed by atoms with Crippen molar-refractivity contribution in [3.8, 4) is 0 Å². The molecule has 2 rings (SSSR count). The van der Waals surface area contributed by atoms with Gasteiger partial charge >= 0.3 is 0 Å². The van der Waals surface area contributed by atoms with E-state index in [0.29, 0.717) is 5.69 Å². The lowest BCUT2D eigenvalue weighted by Gasteiger charge is -2.07. The van der Waals surface area contributed by atoms with E-state index in [1.165, 1.54) is 23.9 Å². The molecule has 0 fully saturated rings. The molecule has 0 aliphatic carbocycles. The number of rotatable bonds is 7. The lowest BCUT2D eigenvalue weighted by atomic mass is 10.2. The number of nitrogens with zero attached hydrogens (tertiary/aromatic N) is 1. The van der Waals surface area contributed by atoms with E-state index in [2.05, 4.69) is 29.8 Å². The fourth-order valence-electron chi connectivity index (χ4n) is 2.83. The fraction of sp³-hybridized carbons (Fsp3) is 0.350. The molecular weight excluding hydrogens is 348 g/mol. The zero-order valence-electron chi connectivity index (χ0n) is 15.7. The smallest absolute Gasteiger partial charge is 0.248 e. The Balaban J connectivity index is 2.07. The van der Waals surface area contributed by atoms with Gasteiger partial charge in [-0.1, -0.05) is 13.8 Å². The largest absolute Gasteiger partial charge is 0.349 e. The third-order valence-corrected chi connectivity index (χ3v) is 6.09. The molecule has 2 aromatic rings. The van der Waals surface area contributed by atoms with Crippen LogP contribution in [-0.4, -0.2) is 24.6 Å². The van der Waals surface area contributed by atoms with Crippen LogP contribution in [0.1, 0.15) is 37.2 Å². The first-order valence-electron chi connectivity index (χ1n) is 8.77. The Morgan fingerprint density at radius 3 is 2.38 bits per heavy atom. The van der Waals surface area contributed by atoms with E-state index in [-0.39, 0.29) is 16.6 Å². The van der Waals surface area contributed by atoms with Crippen LogP contribution in [0.4, 0.5) is 5.69 Å². The summed E-state index contributed by atoms with van der Waals surface area (Å²) < 4.78 is 25.8. The van der Waals surface area contributed by atoms with E-state index in [1.54, 1.807) is 25.1 Å². The van der Waals surface area contributed by atoms with E-state index in [4.69, 9.17) is 0 Å². The third-order valence-electron chi connectivity index (χ3n) is 4.34. The molecule has 6 heteroatoms. The van der Waals surface area contributed by atoms with Crippen molar-refractivity contribution in [2.45, 2.75) is 45.6 Å². The van der Waals surface area contributed by atoms with E-state index >= 15 is 0 Å². The van der Waals surface area contributed by atoms with Crippen molar-refractivity contribution < 1.29 is 13.2 Å². The molecule has 1 heterocycles. The van der Waals surface area contributed by atoms with Gasteiger partial charge in [-0.2, -0.15) is 0 Å². The molecule has 0 unspecified atom stereocenters. The second kappa shape index (κ2) is 8.36. The number of nitrogens with one attached hydrogen (secondary N) is 1. The van der Waals surface area contributed by atoms with Crippen LogP contribution in [0, 0.1) is 13.8 Å². The van der Waals surface area contributed by atoms with Gasteiger partial charge < -0.3 is 9.88 Å². The van der Waals surface area contributed by atoms with Gasteiger partial charge in [0.05, 0.1) is 10.6 Å². The summed E-state index contributed by atoms with van der Waals surface area (Å²) in [5.41, 5.74) is 3.90. The highest BCUT2D eigenvalue weighted by Gasteiger charge is 2.11.